The van der Waals surface area contributed by atoms with Crippen molar-refractivity contribution in [2.75, 3.05) is 13.2 Å². The van der Waals surface area contributed by atoms with E-state index in [1.54, 1.807) is 11.1 Å². The molecule has 0 aromatic heterocycles. The first kappa shape index (κ1) is 14.1. The van der Waals surface area contributed by atoms with Crippen LogP contribution in [0.5, 0.6) is 0 Å². The third-order valence-corrected chi connectivity index (χ3v) is 5.04. The molecule has 3 rings (SSSR count). The van der Waals surface area contributed by atoms with Gasteiger partial charge in [-0.05, 0) is 62.3 Å². The van der Waals surface area contributed by atoms with Gasteiger partial charge in [-0.15, -0.1) is 0 Å². The Morgan fingerprint density at radius 1 is 1.30 bits per heavy atom. The van der Waals surface area contributed by atoms with Crippen molar-refractivity contribution in [3.8, 4) is 0 Å². The van der Waals surface area contributed by atoms with Gasteiger partial charge in [0.2, 0.25) is 0 Å². The molecule has 3 unspecified atom stereocenters. The zero-order valence-electron chi connectivity index (χ0n) is 12.8. The number of likely N-dealkylation sites (N-methyl/N-ethyl adjacent to an activating group) is 1. The molecular weight excluding hydrogens is 246 g/mol. The minimum Gasteiger partial charge on any atom is -0.378 e. The van der Waals surface area contributed by atoms with Crippen molar-refractivity contribution in [1.82, 2.24) is 5.32 Å². The van der Waals surface area contributed by atoms with Crippen LogP contribution >= 0.6 is 0 Å². The summed E-state index contributed by atoms with van der Waals surface area (Å²) in [6, 6.07) is 7.70. The number of rotatable bonds is 5. The van der Waals surface area contributed by atoms with Gasteiger partial charge < -0.3 is 10.1 Å². The van der Waals surface area contributed by atoms with Crippen molar-refractivity contribution in [2.45, 2.75) is 58.1 Å². The fourth-order valence-corrected chi connectivity index (χ4v) is 3.92. The Balaban J connectivity index is 1.72. The van der Waals surface area contributed by atoms with Crippen LogP contribution in [-0.4, -0.2) is 25.3 Å². The average molecular weight is 273 g/mol. The number of fused-ring (bicyclic) bond motifs is 1. The van der Waals surface area contributed by atoms with Gasteiger partial charge in [0.1, 0.15) is 0 Å². The molecular formula is C18H27NO. The molecule has 1 aliphatic carbocycles. The van der Waals surface area contributed by atoms with Crippen molar-refractivity contribution in [1.29, 1.82) is 0 Å². The number of aryl methyl sites for hydroxylation is 2. The molecule has 110 valence electrons. The topological polar surface area (TPSA) is 21.3 Å². The van der Waals surface area contributed by atoms with E-state index in [9.17, 15) is 0 Å². The van der Waals surface area contributed by atoms with Gasteiger partial charge in [0.25, 0.3) is 0 Å². The second-order valence-electron chi connectivity index (χ2n) is 6.35. The zero-order valence-corrected chi connectivity index (χ0v) is 12.8. The van der Waals surface area contributed by atoms with E-state index in [-0.39, 0.29) is 0 Å². The molecule has 1 N–H and O–H groups in total. The van der Waals surface area contributed by atoms with Gasteiger partial charge in [0, 0.05) is 18.6 Å². The van der Waals surface area contributed by atoms with Gasteiger partial charge in [-0.2, -0.15) is 0 Å². The molecule has 1 aliphatic heterocycles. The molecule has 2 nitrogen and oxygen atoms in total. The lowest BCUT2D eigenvalue weighted by molar-refractivity contribution is 0.0956. The first-order valence-electron chi connectivity index (χ1n) is 8.23. The van der Waals surface area contributed by atoms with Crippen LogP contribution in [0.1, 0.15) is 43.4 Å². The standard InChI is InChI=1S/C18H27NO/c1-3-19-18(17-9-10-20-13(17)2)12-14-7-8-15-5-4-6-16(15)11-14/h7-8,11,13,17-19H,3-6,9-10,12H2,1-2H3. The quantitative estimate of drug-likeness (QED) is 0.890. The SMILES string of the molecule is CCNC(Cc1ccc2c(c1)CCC2)C1CCOC1C. The highest BCUT2D eigenvalue weighted by atomic mass is 16.5. The Kier molecular flexibility index (Phi) is 4.42. The molecule has 2 heteroatoms. The van der Waals surface area contributed by atoms with Crippen LogP contribution in [0.2, 0.25) is 0 Å². The molecule has 1 aromatic carbocycles. The van der Waals surface area contributed by atoms with E-state index < -0.39 is 0 Å². The molecule has 1 heterocycles. The lowest BCUT2D eigenvalue weighted by Crippen LogP contribution is -2.40. The van der Waals surface area contributed by atoms with Crippen LogP contribution < -0.4 is 5.32 Å². The van der Waals surface area contributed by atoms with Crippen LogP contribution in [0.15, 0.2) is 18.2 Å². The van der Waals surface area contributed by atoms with E-state index in [0.29, 0.717) is 18.1 Å². The summed E-state index contributed by atoms with van der Waals surface area (Å²) in [5.41, 5.74) is 4.66. The summed E-state index contributed by atoms with van der Waals surface area (Å²) in [7, 11) is 0. The van der Waals surface area contributed by atoms with Crippen molar-refractivity contribution >= 4 is 0 Å². The Labute approximate surface area is 122 Å². The summed E-state index contributed by atoms with van der Waals surface area (Å²) in [6.07, 6.45) is 6.62. The van der Waals surface area contributed by atoms with Crippen molar-refractivity contribution in [2.24, 2.45) is 5.92 Å². The van der Waals surface area contributed by atoms with Gasteiger partial charge in [0.05, 0.1) is 6.10 Å². The maximum atomic E-state index is 5.76. The van der Waals surface area contributed by atoms with E-state index in [1.807, 2.05) is 0 Å². The molecule has 0 spiro atoms. The predicted octanol–water partition coefficient (Wildman–Crippen LogP) is 3.12. The second kappa shape index (κ2) is 6.28. The minimum atomic E-state index is 0.397. The summed E-state index contributed by atoms with van der Waals surface area (Å²) in [6.45, 7) is 6.40. The number of ether oxygens (including phenoxy) is 1. The van der Waals surface area contributed by atoms with E-state index in [4.69, 9.17) is 4.74 Å². The molecule has 1 aromatic rings. The molecule has 0 radical (unpaired) electrons. The molecule has 0 amide bonds. The number of benzene rings is 1. The van der Waals surface area contributed by atoms with Gasteiger partial charge in [-0.25, -0.2) is 0 Å². The fourth-order valence-electron chi connectivity index (χ4n) is 3.92. The second-order valence-corrected chi connectivity index (χ2v) is 6.35. The van der Waals surface area contributed by atoms with E-state index in [0.717, 1.165) is 19.6 Å². The summed E-state index contributed by atoms with van der Waals surface area (Å²) in [5.74, 6) is 0.656. The van der Waals surface area contributed by atoms with Crippen LogP contribution in [0, 0.1) is 5.92 Å². The van der Waals surface area contributed by atoms with E-state index in [1.165, 1.54) is 31.2 Å². The Bertz CT molecular complexity index is 457. The summed E-state index contributed by atoms with van der Waals surface area (Å²) < 4.78 is 5.76. The maximum absolute atomic E-state index is 5.76. The summed E-state index contributed by atoms with van der Waals surface area (Å²) in [5, 5.41) is 3.69. The zero-order chi connectivity index (χ0) is 13.9. The van der Waals surface area contributed by atoms with E-state index in [2.05, 4.69) is 37.4 Å². The first-order valence-corrected chi connectivity index (χ1v) is 8.23. The normalized spacial score (nSPS) is 26.7. The number of hydrogen-bond donors (Lipinski definition) is 1. The third kappa shape index (κ3) is 2.91. The highest BCUT2D eigenvalue weighted by Gasteiger charge is 2.31. The smallest absolute Gasteiger partial charge is 0.0590 e. The van der Waals surface area contributed by atoms with Gasteiger partial charge >= 0.3 is 0 Å². The van der Waals surface area contributed by atoms with Crippen molar-refractivity contribution < 1.29 is 4.74 Å². The monoisotopic (exact) mass is 273 g/mol. The van der Waals surface area contributed by atoms with Crippen LogP contribution in [0.4, 0.5) is 0 Å². The summed E-state index contributed by atoms with van der Waals surface area (Å²) >= 11 is 0. The molecule has 0 saturated carbocycles. The molecule has 1 saturated heterocycles. The fraction of sp³-hybridized carbons (Fsp3) is 0.667. The molecule has 1 fully saturated rings. The van der Waals surface area contributed by atoms with Gasteiger partial charge in [-0.1, -0.05) is 25.1 Å². The molecule has 2 aliphatic rings. The average Bonchev–Trinajstić information content (AvgIpc) is 3.06. The Morgan fingerprint density at radius 3 is 2.90 bits per heavy atom. The minimum absolute atomic E-state index is 0.397. The highest BCUT2D eigenvalue weighted by Crippen LogP contribution is 2.28. The molecule has 3 atom stereocenters. The lowest BCUT2D eigenvalue weighted by atomic mass is 9.88. The van der Waals surface area contributed by atoms with Crippen LogP contribution in [0.3, 0.4) is 0 Å². The van der Waals surface area contributed by atoms with Crippen molar-refractivity contribution in [3.05, 3.63) is 34.9 Å². The van der Waals surface area contributed by atoms with Crippen LogP contribution in [0.25, 0.3) is 0 Å². The maximum Gasteiger partial charge on any atom is 0.0590 e. The number of nitrogens with one attached hydrogen (secondary N) is 1. The Morgan fingerprint density at radius 2 is 2.15 bits per heavy atom. The number of hydrogen-bond acceptors (Lipinski definition) is 2. The van der Waals surface area contributed by atoms with Crippen LogP contribution in [-0.2, 0) is 24.0 Å². The Hall–Kier alpha value is -0.860. The molecule has 0 bridgehead atoms. The summed E-state index contributed by atoms with van der Waals surface area (Å²) in [4.78, 5) is 0. The molecule has 20 heavy (non-hydrogen) atoms. The third-order valence-electron chi connectivity index (χ3n) is 5.04. The highest BCUT2D eigenvalue weighted by molar-refractivity contribution is 5.35. The first-order chi connectivity index (χ1) is 9.78. The predicted molar refractivity (Wildman–Crippen MR) is 83.2 cm³/mol. The van der Waals surface area contributed by atoms with Gasteiger partial charge in [-0.3, -0.25) is 0 Å². The van der Waals surface area contributed by atoms with E-state index >= 15 is 0 Å². The van der Waals surface area contributed by atoms with Gasteiger partial charge in [0.15, 0.2) is 0 Å². The van der Waals surface area contributed by atoms with Crippen molar-refractivity contribution in [3.63, 3.8) is 0 Å². The lowest BCUT2D eigenvalue weighted by Gasteiger charge is -2.27. The largest absolute Gasteiger partial charge is 0.378 e.